The van der Waals surface area contributed by atoms with Crippen molar-refractivity contribution in [3.63, 3.8) is 0 Å². The van der Waals surface area contributed by atoms with Crippen LogP contribution in [0.1, 0.15) is 52.4 Å². The van der Waals surface area contributed by atoms with Crippen molar-refractivity contribution in [2.24, 2.45) is 11.8 Å². The van der Waals surface area contributed by atoms with E-state index in [-0.39, 0.29) is 6.04 Å². The lowest BCUT2D eigenvalue weighted by Crippen LogP contribution is -2.22. The molecule has 0 spiro atoms. The van der Waals surface area contributed by atoms with E-state index in [1.54, 1.807) is 0 Å². The third-order valence-corrected chi connectivity index (χ3v) is 3.32. The van der Waals surface area contributed by atoms with E-state index in [0.717, 1.165) is 18.3 Å². The van der Waals surface area contributed by atoms with Crippen LogP contribution < -0.4 is 5.73 Å². The van der Waals surface area contributed by atoms with Gasteiger partial charge in [0.2, 0.25) is 0 Å². The fourth-order valence-electron chi connectivity index (χ4n) is 2.15. The lowest BCUT2D eigenvalue weighted by molar-refractivity contribution is 0.344. The second kappa shape index (κ2) is 4.86. The highest BCUT2D eigenvalue weighted by molar-refractivity contribution is 4.78. The van der Waals surface area contributed by atoms with Gasteiger partial charge in [-0.2, -0.15) is 0 Å². The molecule has 0 aromatic heterocycles. The average Bonchev–Trinajstić information content (AvgIpc) is 2.56. The third kappa shape index (κ3) is 2.78. The van der Waals surface area contributed by atoms with Crippen LogP contribution in [0.5, 0.6) is 0 Å². The van der Waals surface area contributed by atoms with Gasteiger partial charge in [-0.1, -0.05) is 33.1 Å². The van der Waals surface area contributed by atoms with Crippen molar-refractivity contribution in [1.29, 1.82) is 0 Å². The van der Waals surface area contributed by atoms with Crippen molar-refractivity contribution in [3.05, 3.63) is 0 Å². The second-order valence-corrected chi connectivity index (χ2v) is 4.40. The van der Waals surface area contributed by atoms with Crippen molar-refractivity contribution < 1.29 is 0 Å². The van der Waals surface area contributed by atoms with Gasteiger partial charge in [0.05, 0.1) is 0 Å². The summed E-state index contributed by atoms with van der Waals surface area (Å²) in [5.41, 5.74) is 8.00. The zero-order valence-electron chi connectivity index (χ0n) is 8.47. The van der Waals surface area contributed by atoms with Gasteiger partial charge in [-0.25, -0.2) is 0 Å². The number of hydrogen-bond acceptors (Lipinski definition) is 0. The van der Waals surface area contributed by atoms with Crippen molar-refractivity contribution >= 4 is 0 Å². The van der Waals surface area contributed by atoms with Gasteiger partial charge in [0, 0.05) is 6.04 Å². The molecule has 0 aromatic rings. The minimum Gasteiger partial charge on any atom is -0.254 e. The zero-order chi connectivity index (χ0) is 8.97. The Labute approximate surface area is 76.7 Å². The van der Waals surface area contributed by atoms with Gasteiger partial charge in [0.1, 0.15) is 0 Å². The topological polar surface area (TPSA) is 23.8 Å². The molecule has 2 unspecified atom stereocenters. The lowest BCUT2D eigenvalue weighted by atomic mass is 9.90. The van der Waals surface area contributed by atoms with Gasteiger partial charge in [0.15, 0.2) is 0 Å². The Bertz CT molecular complexity index is 116. The van der Waals surface area contributed by atoms with Gasteiger partial charge in [-0.15, -0.1) is 0 Å². The molecule has 1 aliphatic carbocycles. The van der Waals surface area contributed by atoms with Crippen molar-refractivity contribution in [2.45, 2.75) is 58.4 Å². The Morgan fingerprint density at radius 2 is 1.92 bits per heavy atom. The van der Waals surface area contributed by atoms with Gasteiger partial charge in [-0.3, -0.25) is 5.73 Å². The van der Waals surface area contributed by atoms with Gasteiger partial charge in [-0.05, 0) is 31.1 Å². The van der Waals surface area contributed by atoms with E-state index in [4.69, 9.17) is 5.73 Å². The SMILES string of the molecule is CCC(C)CC([NH])C1CCCC1. The van der Waals surface area contributed by atoms with E-state index in [0.29, 0.717) is 0 Å². The average molecular weight is 168 g/mol. The molecular weight excluding hydrogens is 146 g/mol. The molecule has 1 saturated carbocycles. The van der Waals surface area contributed by atoms with Crippen LogP contribution in [0.3, 0.4) is 0 Å². The first kappa shape index (κ1) is 10.0. The van der Waals surface area contributed by atoms with Crippen LogP contribution in [0.4, 0.5) is 0 Å². The Balaban J connectivity index is 2.21. The Kier molecular flexibility index (Phi) is 4.07. The summed E-state index contributed by atoms with van der Waals surface area (Å²) in [6.07, 6.45) is 7.76. The largest absolute Gasteiger partial charge is 0.254 e. The molecule has 0 bridgehead atoms. The molecule has 0 heterocycles. The molecular formula is C11H22N. The second-order valence-electron chi connectivity index (χ2n) is 4.40. The van der Waals surface area contributed by atoms with Crippen LogP contribution in [-0.4, -0.2) is 6.04 Å². The van der Waals surface area contributed by atoms with Crippen molar-refractivity contribution in [2.75, 3.05) is 0 Å². The van der Waals surface area contributed by atoms with E-state index in [9.17, 15) is 0 Å². The molecule has 1 N–H and O–H groups in total. The Morgan fingerprint density at radius 1 is 1.33 bits per heavy atom. The first-order valence-corrected chi connectivity index (χ1v) is 5.45. The van der Waals surface area contributed by atoms with Crippen LogP contribution >= 0.6 is 0 Å². The predicted molar refractivity (Wildman–Crippen MR) is 52.9 cm³/mol. The molecule has 0 aliphatic heterocycles. The van der Waals surface area contributed by atoms with Crippen LogP contribution in [0, 0.1) is 11.8 Å². The molecule has 71 valence electrons. The summed E-state index contributed by atoms with van der Waals surface area (Å²) in [5.74, 6) is 1.49. The molecule has 1 fully saturated rings. The minimum absolute atomic E-state index is 0.238. The van der Waals surface area contributed by atoms with Crippen LogP contribution in [0.15, 0.2) is 0 Å². The van der Waals surface area contributed by atoms with Gasteiger partial charge >= 0.3 is 0 Å². The minimum atomic E-state index is 0.238. The summed E-state index contributed by atoms with van der Waals surface area (Å²) >= 11 is 0. The van der Waals surface area contributed by atoms with Crippen LogP contribution in [-0.2, 0) is 0 Å². The van der Waals surface area contributed by atoms with Gasteiger partial charge < -0.3 is 0 Å². The maximum absolute atomic E-state index is 8.00. The van der Waals surface area contributed by atoms with Gasteiger partial charge in [0.25, 0.3) is 0 Å². The highest BCUT2D eigenvalue weighted by Gasteiger charge is 2.23. The summed E-state index contributed by atoms with van der Waals surface area (Å²) in [5, 5.41) is 0. The summed E-state index contributed by atoms with van der Waals surface area (Å²) in [7, 11) is 0. The number of hydrogen-bond donors (Lipinski definition) is 0. The molecule has 0 saturated heterocycles. The highest BCUT2D eigenvalue weighted by Crippen LogP contribution is 2.30. The van der Waals surface area contributed by atoms with Crippen molar-refractivity contribution in [3.8, 4) is 0 Å². The summed E-state index contributed by atoms with van der Waals surface area (Å²) in [6.45, 7) is 4.50. The quantitative estimate of drug-likeness (QED) is 0.615. The smallest absolute Gasteiger partial charge is 0.0243 e. The molecule has 2 atom stereocenters. The van der Waals surface area contributed by atoms with E-state index in [2.05, 4.69) is 13.8 Å². The maximum atomic E-state index is 8.00. The Hall–Kier alpha value is -0.0400. The number of nitrogens with one attached hydrogen (secondary N) is 1. The van der Waals surface area contributed by atoms with Crippen LogP contribution in [0.2, 0.25) is 0 Å². The molecule has 1 heteroatoms. The molecule has 1 radical (unpaired) electrons. The molecule has 1 nitrogen and oxygen atoms in total. The predicted octanol–water partition coefficient (Wildman–Crippen LogP) is 3.26. The van der Waals surface area contributed by atoms with E-state index < -0.39 is 0 Å². The fraction of sp³-hybridized carbons (Fsp3) is 1.00. The molecule has 0 aromatic carbocycles. The standard InChI is InChI=1S/C11H22N/c1-3-9(2)8-11(12)10-6-4-5-7-10/h9-12H,3-8H2,1-2H3. The Morgan fingerprint density at radius 3 is 2.42 bits per heavy atom. The summed E-state index contributed by atoms with van der Waals surface area (Å²) in [6, 6.07) is 0.238. The zero-order valence-corrected chi connectivity index (χ0v) is 8.47. The summed E-state index contributed by atoms with van der Waals surface area (Å²) in [4.78, 5) is 0. The molecule has 1 aliphatic rings. The number of rotatable bonds is 4. The third-order valence-electron chi connectivity index (χ3n) is 3.32. The summed E-state index contributed by atoms with van der Waals surface area (Å²) < 4.78 is 0. The fourth-order valence-corrected chi connectivity index (χ4v) is 2.15. The first-order valence-electron chi connectivity index (χ1n) is 5.45. The molecule has 0 amide bonds. The van der Waals surface area contributed by atoms with E-state index in [1.807, 2.05) is 0 Å². The molecule has 12 heavy (non-hydrogen) atoms. The first-order chi connectivity index (χ1) is 5.74. The maximum Gasteiger partial charge on any atom is 0.0243 e. The lowest BCUT2D eigenvalue weighted by Gasteiger charge is -2.20. The molecule has 1 rings (SSSR count). The van der Waals surface area contributed by atoms with E-state index >= 15 is 0 Å². The van der Waals surface area contributed by atoms with Crippen LogP contribution in [0.25, 0.3) is 0 Å². The normalized spacial score (nSPS) is 24.2. The monoisotopic (exact) mass is 168 g/mol. The van der Waals surface area contributed by atoms with E-state index in [1.165, 1.54) is 32.1 Å². The van der Waals surface area contributed by atoms with Crippen molar-refractivity contribution in [1.82, 2.24) is 5.73 Å². The highest BCUT2D eigenvalue weighted by atomic mass is 14.7.